The Labute approximate surface area is 131 Å². The quantitative estimate of drug-likeness (QED) is 0.478. The SMILES string of the molecule is CO/N=C(/C)c1ccccc1C(=O)c1ccc(C(F)(F)F)cc1. The molecule has 0 saturated heterocycles. The van der Waals surface area contributed by atoms with Crippen LogP contribution in [0.4, 0.5) is 13.2 Å². The Balaban J connectivity index is 2.40. The maximum Gasteiger partial charge on any atom is 0.416 e. The van der Waals surface area contributed by atoms with Crippen LogP contribution in [0.1, 0.15) is 34.0 Å². The fourth-order valence-electron chi connectivity index (χ4n) is 2.15. The number of rotatable bonds is 4. The normalized spacial score (nSPS) is 12.1. The number of alkyl halides is 3. The van der Waals surface area contributed by atoms with E-state index in [1.165, 1.54) is 19.2 Å². The summed E-state index contributed by atoms with van der Waals surface area (Å²) < 4.78 is 37.8. The standard InChI is InChI=1S/C17H14F3NO2/c1-11(21-23-2)14-5-3-4-6-15(14)16(22)12-7-9-13(10-8-12)17(18,19)20/h3-10H,1-2H3/b21-11-. The number of halogens is 3. The van der Waals surface area contributed by atoms with Crippen LogP contribution in [0.15, 0.2) is 53.7 Å². The highest BCUT2D eigenvalue weighted by Crippen LogP contribution is 2.29. The number of hydrogen-bond acceptors (Lipinski definition) is 3. The van der Waals surface area contributed by atoms with Crippen molar-refractivity contribution in [2.45, 2.75) is 13.1 Å². The molecular weight excluding hydrogens is 307 g/mol. The van der Waals surface area contributed by atoms with E-state index in [2.05, 4.69) is 5.16 Å². The van der Waals surface area contributed by atoms with Crippen LogP contribution in [0.25, 0.3) is 0 Å². The predicted molar refractivity (Wildman–Crippen MR) is 80.5 cm³/mol. The zero-order valence-electron chi connectivity index (χ0n) is 12.5. The molecule has 0 heterocycles. The molecule has 0 unspecified atom stereocenters. The van der Waals surface area contributed by atoms with E-state index in [0.29, 0.717) is 16.8 Å². The fraction of sp³-hybridized carbons (Fsp3) is 0.176. The molecule has 0 spiro atoms. The van der Waals surface area contributed by atoms with Crippen molar-refractivity contribution in [3.63, 3.8) is 0 Å². The van der Waals surface area contributed by atoms with Gasteiger partial charge in [-0.1, -0.05) is 41.6 Å². The van der Waals surface area contributed by atoms with Gasteiger partial charge in [-0.2, -0.15) is 13.2 Å². The van der Waals surface area contributed by atoms with E-state index in [-0.39, 0.29) is 11.3 Å². The minimum atomic E-state index is -4.43. The summed E-state index contributed by atoms with van der Waals surface area (Å²) in [6.45, 7) is 1.68. The number of oxime groups is 1. The van der Waals surface area contributed by atoms with Gasteiger partial charge in [-0.15, -0.1) is 0 Å². The maximum absolute atomic E-state index is 12.6. The first-order chi connectivity index (χ1) is 10.8. The summed E-state index contributed by atoms with van der Waals surface area (Å²) in [7, 11) is 1.39. The first-order valence-corrected chi connectivity index (χ1v) is 6.73. The number of benzene rings is 2. The summed E-state index contributed by atoms with van der Waals surface area (Å²) in [5.41, 5.74) is 0.809. The third kappa shape index (κ3) is 3.77. The number of carbonyl (C=O) groups is 1. The Bertz CT molecular complexity index is 734. The second-order valence-corrected chi connectivity index (χ2v) is 4.81. The van der Waals surface area contributed by atoms with Crippen LogP contribution in [0.5, 0.6) is 0 Å². The minimum absolute atomic E-state index is 0.177. The number of ketones is 1. The molecule has 0 N–H and O–H groups in total. The van der Waals surface area contributed by atoms with E-state index in [1.54, 1.807) is 31.2 Å². The minimum Gasteiger partial charge on any atom is -0.399 e. The molecule has 0 amide bonds. The molecule has 0 aliphatic rings. The van der Waals surface area contributed by atoms with Crippen LogP contribution in [-0.4, -0.2) is 18.6 Å². The van der Waals surface area contributed by atoms with Crippen LogP contribution >= 0.6 is 0 Å². The summed E-state index contributed by atoms with van der Waals surface area (Å²) in [6.07, 6.45) is -4.43. The first kappa shape index (κ1) is 16.7. The average Bonchev–Trinajstić information content (AvgIpc) is 2.54. The van der Waals surface area contributed by atoms with Crippen molar-refractivity contribution in [3.05, 3.63) is 70.8 Å². The topological polar surface area (TPSA) is 38.7 Å². The third-order valence-electron chi connectivity index (χ3n) is 3.26. The Morgan fingerprint density at radius 3 is 2.09 bits per heavy atom. The van der Waals surface area contributed by atoms with Gasteiger partial charge in [-0.25, -0.2) is 0 Å². The maximum atomic E-state index is 12.6. The molecular formula is C17H14F3NO2. The van der Waals surface area contributed by atoms with E-state index < -0.39 is 11.7 Å². The van der Waals surface area contributed by atoms with Crippen molar-refractivity contribution in [2.75, 3.05) is 7.11 Å². The van der Waals surface area contributed by atoms with Crippen LogP contribution in [0.2, 0.25) is 0 Å². The highest BCUT2D eigenvalue weighted by Gasteiger charge is 2.30. The zero-order valence-corrected chi connectivity index (χ0v) is 12.5. The number of hydrogen-bond donors (Lipinski definition) is 0. The smallest absolute Gasteiger partial charge is 0.399 e. The van der Waals surface area contributed by atoms with Crippen molar-refractivity contribution in [3.8, 4) is 0 Å². The number of carbonyl (C=O) groups excluding carboxylic acids is 1. The second-order valence-electron chi connectivity index (χ2n) is 4.81. The molecule has 2 aromatic carbocycles. The number of nitrogens with zero attached hydrogens (tertiary/aromatic N) is 1. The average molecular weight is 321 g/mol. The molecule has 23 heavy (non-hydrogen) atoms. The predicted octanol–water partition coefficient (Wildman–Crippen LogP) is 4.31. The van der Waals surface area contributed by atoms with E-state index in [1.807, 2.05) is 0 Å². The van der Waals surface area contributed by atoms with E-state index in [0.717, 1.165) is 12.1 Å². The monoisotopic (exact) mass is 321 g/mol. The van der Waals surface area contributed by atoms with E-state index in [9.17, 15) is 18.0 Å². The summed E-state index contributed by atoms with van der Waals surface area (Å²) >= 11 is 0. The molecule has 6 heteroatoms. The Morgan fingerprint density at radius 2 is 1.57 bits per heavy atom. The molecule has 3 nitrogen and oxygen atoms in total. The van der Waals surface area contributed by atoms with Crippen LogP contribution in [0, 0.1) is 0 Å². The molecule has 0 aliphatic heterocycles. The lowest BCUT2D eigenvalue weighted by Gasteiger charge is -2.10. The third-order valence-corrected chi connectivity index (χ3v) is 3.26. The van der Waals surface area contributed by atoms with Gasteiger partial charge in [-0.05, 0) is 19.1 Å². The van der Waals surface area contributed by atoms with Gasteiger partial charge in [0.2, 0.25) is 0 Å². The first-order valence-electron chi connectivity index (χ1n) is 6.73. The lowest BCUT2D eigenvalue weighted by molar-refractivity contribution is -0.137. The molecule has 0 fully saturated rings. The van der Waals surface area contributed by atoms with Gasteiger partial charge in [0.05, 0.1) is 11.3 Å². The van der Waals surface area contributed by atoms with Crippen molar-refractivity contribution < 1.29 is 22.8 Å². The van der Waals surface area contributed by atoms with Crippen LogP contribution < -0.4 is 0 Å². The van der Waals surface area contributed by atoms with Crippen molar-refractivity contribution in [1.29, 1.82) is 0 Å². The molecule has 0 aromatic heterocycles. The van der Waals surface area contributed by atoms with Gasteiger partial charge in [0.15, 0.2) is 5.78 Å². The zero-order chi connectivity index (χ0) is 17.0. The van der Waals surface area contributed by atoms with E-state index in [4.69, 9.17) is 4.84 Å². The molecule has 0 radical (unpaired) electrons. The molecule has 0 bridgehead atoms. The van der Waals surface area contributed by atoms with Crippen LogP contribution in [-0.2, 0) is 11.0 Å². The highest BCUT2D eigenvalue weighted by molar-refractivity contribution is 6.16. The van der Waals surface area contributed by atoms with Gasteiger partial charge >= 0.3 is 6.18 Å². The summed E-state index contributed by atoms with van der Waals surface area (Å²) in [4.78, 5) is 17.3. The molecule has 0 aliphatic carbocycles. The summed E-state index contributed by atoms with van der Waals surface area (Å²) in [5, 5.41) is 3.79. The molecule has 2 rings (SSSR count). The van der Waals surface area contributed by atoms with Crippen molar-refractivity contribution >= 4 is 11.5 Å². The Hall–Kier alpha value is -2.63. The summed E-state index contributed by atoms with van der Waals surface area (Å²) in [5.74, 6) is -0.375. The fourth-order valence-corrected chi connectivity index (χ4v) is 2.15. The van der Waals surface area contributed by atoms with Crippen molar-refractivity contribution in [1.82, 2.24) is 0 Å². The Kier molecular flexibility index (Phi) is 4.83. The molecule has 2 aromatic rings. The summed E-state index contributed by atoms with van der Waals surface area (Å²) in [6, 6.07) is 10.9. The highest BCUT2D eigenvalue weighted by atomic mass is 19.4. The Morgan fingerprint density at radius 1 is 1.00 bits per heavy atom. The molecule has 0 saturated carbocycles. The lowest BCUT2D eigenvalue weighted by atomic mass is 9.95. The lowest BCUT2D eigenvalue weighted by Crippen LogP contribution is -2.10. The van der Waals surface area contributed by atoms with Crippen molar-refractivity contribution in [2.24, 2.45) is 5.16 Å². The van der Waals surface area contributed by atoms with Gasteiger partial charge in [0.1, 0.15) is 7.11 Å². The van der Waals surface area contributed by atoms with Gasteiger partial charge in [0.25, 0.3) is 0 Å². The van der Waals surface area contributed by atoms with E-state index >= 15 is 0 Å². The second kappa shape index (κ2) is 6.64. The molecule has 120 valence electrons. The largest absolute Gasteiger partial charge is 0.416 e. The van der Waals surface area contributed by atoms with Gasteiger partial charge in [0, 0.05) is 16.7 Å². The van der Waals surface area contributed by atoms with Gasteiger partial charge in [-0.3, -0.25) is 4.79 Å². The van der Waals surface area contributed by atoms with Gasteiger partial charge < -0.3 is 4.84 Å². The molecule has 0 atom stereocenters. The van der Waals surface area contributed by atoms with Crippen LogP contribution in [0.3, 0.4) is 0 Å².